The fourth-order valence-corrected chi connectivity index (χ4v) is 12.1. The number of carbonyl (C=O) groups is 4. The van der Waals surface area contributed by atoms with Crippen molar-refractivity contribution in [2.75, 3.05) is 39.6 Å². The van der Waals surface area contributed by atoms with Crippen LogP contribution in [-0.2, 0) is 65.4 Å². The molecular weight excluding hydrogens is 1190 g/mol. The van der Waals surface area contributed by atoms with Gasteiger partial charge in [0.05, 0.1) is 26.4 Å². The second-order valence-corrected chi connectivity index (χ2v) is 29.7. The smallest absolute Gasteiger partial charge is 0.462 e. The minimum absolute atomic E-state index is 0.104. The van der Waals surface area contributed by atoms with Crippen LogP contribution >= 0.6 is 15.6 Å². The number of esters is 4. The van der Waals surface area contributed by atoms with Crippen molar-refractivity contribution in [3.05, 3.63) is 0 Å². The second kappa shape index (κ2) is 60.7. The Labute approximate surface area is 549 Å². The molecule has 3 N–H and O–H groups in total. The van der Waals surface area contributed by atoms with E-state index in [-0.39, 0.29) is 25.7 Å². The van der Waals surface area contributed by atoms with Crippen LogP contribution in [-0.4, -0.2) is 96.7 Å². The van der Waals surface area contributed by atoms with Gasteiger partial charge in [-0.1, -0.05) is 299 Å². The highest BCUT2D eigenvalue weighted by Gasteiger charge is 2.30. The van der Waals surface area contributed by atoms with Crippen molar-refractivity contribution in [2.45, 2.75) is 369 Å². The van der Waals surface area contributed by atoms with Crippen molar-refractivity contribution >= 4 is 39.5 Å². The van der Waals surface area contributed by atoms with E-state index in [2.05, 4.69) is 55.4 Å². The zero-order valence-electron chi connectivity index (χ0n) is 58.8. The number of rotatable bonds is 68. The van der Waals surface area contributed by atoms with Gasteiger partial charge in [-0.15, -0.1) is 0 Å². The first-order chi connectivity index (χ1) is 43.2. The lowest BCUT2D eigenvalue weighted by molar-refractivity contribution is -0.161. The summed E-state index contributed by atoms with van der Waals surface area (Å²) in [5.41, 5.74) is 0. The SMILES string of the molecule is CCC(C)CCCCCCCCCCC(=O)OC[C@H](COP(=O)(O)OC[C@@H](O)COP(=O)(O)OC[C@@H](COC(=O)CCCCCCCCC(C)CC)OC(=O)CCCCCCCCCCCCCCCC(C)C)OC(=O)CCCCCCCCCCC(C)CC. The van der Waals surface area contributed by atoms with Crippen molar-refractivity contribution in [2.24, 2.45) is 23.7 Å². The van der Waals surface area contributed by atoms with E-state index in [4.69, 9.17) is 37.0 Å². The van der Waals surface area contributed by atoms with E-state index < -0.39 is 97.5 Å². The summed E-state index contributed by atoms with van der Waals surface area (Å²) in [5.74, 6) is 0.934. The summed E-state index contributed by atoms with van der Waals surface area (Å²) in [6.07, 6.45) is 42.9. The molecule has 5 unspecified atom stereocenters. The molecular formula is C71H138O17P2. The topological polar surface area (TPSA) is 237 Å². The number of phosphoric acid groups is 2. The Morgan fingerprint density at radius 3 is 0.789 bits per heavy atom. The zero-order chi connectivity index (χ0) is 66.8. The molecule has 0 aromatic heterocycles. The van der Waals surface area contributed by atoms with Gasteiger partial charge in [0.1, 0.15) is 19.3 Å². The van der Waals surface area contributed by atoms with Gasteiger partial charge in [0.15, 0.2) is 12.2 Å². The maximum absolute atomic E-state index is 13.0. The Balaban J connectivity index is 5.26. The summed E-state index contributed by atoms with van der Waals surface area (Å²) in [6.45, 7) is 14.1. The molecule has 0 aliphatic heterocycles. The number of phosphoric ester groups is 2. The van der Waals surface area contributed by atoms with Crippen LogP contribution < -0.4 is 0 Å². The van der Waals surface area contributed by atoms with Gasteiger partial charge >= 0.3 is 39.5 Å². The van der Waals surface area contributed by atoms with Gasteiger partial charge in [-0.05, 0) is 49.4 Å². The summed E-state index contributed by atoms with van der Waals surface area (Å²) < 4.78 is 68.3. The van der Waals surface area contributed by atoms with E-state index in [1.54, 1.807) is 0 Å². The lowest BCUT2D eigenvalue weighted by atomic mass is 9.99. The number of unbranched alkanes of at least 4 members (excludes halogenated alkanes) is 31. The van der Waals surface area contributed by atoms with Crippen LogP contribution in [0.3, 0.4) is 0 Å². The van der Waals surface area contributed by atoms with E-state index in [0.29, 0.717) is 25.7 Å². The fourth-order valence-electron chi connectivity index (χ4n) is 10.6. The predicted molar refractivity (Wildman–Crippen MR) is 363 cm³/mol. The summed E-state index contributed by atoms with van der Waals surface area (Å²) >= 11 is 0. The first-order valence-electron chi connectivity index (χ1n) is 36.8. The molecule has 0 heterocycles. The third kappa shape index (κ3) is 61.0. The fraction of sp³-hybridized carbons (Fsp3) is 0.944. The van der Waals surface area contributed by atoms with Crippen LogP contribution in [0.25, 0.3) is 0 Å². The van der Waals surface area contributed by atoms with Crippen LogP contribution in [0.4, 0.5) is 0 Å². The molecule has 17 nitrogen and oxygen atoms in total. The highest BCUT2D eigenvalue weighted by molar-refractivity contribution is 7.47. The first-order valence-corrected chi connectivity index (χ1v) is 39.8. The average Bonchev–Trinajstić information content (AvgIpc) is 3.55. The Hall–Kier alpha value is -1.94. The van der Waals surface area contributed by atoms with Gasteiger partial charge in [-0.2, -0.15) is 0 Å². The van der Waals surface area contributed by atoms with E-state index in [1.807, 2.05) is 0 Å². The third-order valence-electron chi connectivity index (χ3n) is 17.4. The molecule has 0 aliphatic rings. The number of aliphatic hydroxyl groups excluding tert-OH is 1. The molecule has 0 fully saturated rings. The van der Waals surface area contributed by atoms with Crippen molar-refractivity contribution in [3.63, 3.8) is 0 Å². The molecule has 0 aliphatic carbocycles. The van der Waals surface area contributed by atoms with E-state index in [0.717, 1.165) is 120 Å². The van der Waals surface area contributed by atoms with Crippen LogP contribution in [0, 0.1) is 23.7 Å². The third-order valence-corrected chi connectivity index (χ3v) is 19.3. The highest BCUT2D eigenvalue weighted by atomic mass is 31.2. The second-order valence-electron chi connectivity index (χ2n) is 26.8. The molecule has 0 radical (unpaired) electrons. The lowest BCUT2D eigenvalue weighted by Gasteiger charge is -2.21. The Morgan fingerprint density at radius 1 is 0.311 bits per heavy atom. The molecule has 534 valence electrons. The molecule has 0 saturated carbocycles. The van der Waals surface area contributed by atoms with Gasteiger partial charge in [0.2, 0.25) is 0 Å². The van der Waals surface area contributed by atoms with Crippen LogP contribution in [0.15, 0.2) is 0 Å². The first kappa shape index (κ1) is 88.1. The minimum Gasteiger partial charge on any atom is -0.462 e. The molecule has 0 spiro atoms. The van der Waals surface area contributed by atoms with E-state index in [1.165, 1.54) is 148 Å². The number of ether oxygens (including phenoxy) is 4. The van der Waals surface area contributed by atoms with Crippen molar-refractivity contribution in [1.29, 1.82) is 0 Å². The van der Waals surface area contributed by atoms with Gasteiger partial charge in [-0.3, -0.25) is 37.3 Å². The molecule has 0 aromatic rings. The van der Waals surface area contributed by atoms with Crippen molar-refractivity contribution in [3.8, 4) is 0 Å². The molecule has 0 amide bonds. The van der Waals surface area contributed by atoms with Gasteiger partial charge in [0.25, 0.3) is 0 Å². The lowest BCUT2D eigenvalue weighted by Crippen LogP contribution is -2.30. The molecule has 0 aromatic carbocycles. The van der Waals surface area contributed by atoms with Crippen molar-refractivity contribution in [1.82, 2.24) is 0 Å². The van der Waals surface area contributed by atoms with Crippen LogP contribution in [0.2, 0.25) is 0 Å². The Morgan fingerprint density at radius 2 is 0.533 bits per heavy atom. The normalized spacial score (nSPS) is 15.2. The van der Waals surface area contributed by atoms with Crippen LogP contribution in [0.1, 0.15) is 351 Å². The largest absolute Gasteiger partial charge is 0.472 e. The zero-order valence-corrected chi connectivity index (χ0v) is 60.6. The predicted octanol–water partition coefficient (Wildman–Crippen LogP) is 20.1. The Bertz CT molecular complexity index is 1790. The minimum atomic E-state index is -4.95. The number of aliphatic hydroxyl groups is 1. The Kier molecular flexibility index (Phi) is 59.4. The molecule has 19 heteroatoms. The van der Waals surface area contributed by atoms with Gasteiger partial charge < -0.3 is 33.8 Å². The van der Waals surface area contributed by atoms with E-state index in [9.17, 15) is 43.2 Å². The average molecular weight is 1330 g/mol. The summed E-state index contributed by atoms with van der Waals surface area (Å²) in [5, 5.41) is 10.6. The summed E-state index contributed by atoms with van der Waals surface area (Å²) in [6, 6.07) is 0. The van der Waals surface area contributed by atoms with E-state index >= 15 is 0 Å². The van der Waals surface area contributed by atoms with Crippen molar-refractivity contribution < 1.29 is 80.2 Å². The molecule has 8 atom stereocenters. The molecule has 0 rings (SSSR count). The molecule has 90 heavy (non-hydrogen) atoms. The van der Waals surface area contributed by atoms with Crippen LogP contribution in [0.5, 0.6) is 0 Å². The van der Waals surface area contributed by atoms with Gasteiger partial charge in [0, 0.05) is 25.7 Å². The van der Waals surface area contributed by atoms with Gasteiger partial charge in [-0.25, -0.2) is 9.13 Å². The maximum Gasteiger partial charge on any atom is 0.472 e. The standard InChI is InChI=1S/C71H138O17P2/c1-9-62(6)48-40-32-24-19-21-26-35-43-51-68(73)81-57-66(88-71(76)54-46-38-28-22-20-25-33-41-49-63(7)10-2)59-85-89(77,78)83-55-65(72)56-84-90(79,80)86-60-67(58-82-69(74)52-44-36-30-29-34-42-50-64(8)11-3)87-70(75)53-45-37-27-18-16-14-12-13-15-17-23-31-39-47-61(4)5/h61-67,72H,9-60H2,1-8H3,(H,77,78)(H,79,80)/t62?,63?,64?,65-,66-,67-/m1/s1. The number of hydrogen-bond acceptors (Lipinski definition) is 15. The summed E-state index contributed by atoms with van der Waals surface area (Å²) in [7, 11) is -9.91. The molecule has 0 saturated heterocycles. The number of hydrogen-bond donors (Lipinski definition) is 3. The quantitative estimate of drug-likeness (QED) is 0.0222. The maximum atomic E-state index is 13.0. The molecule has 0 bridgehead atoms. The monoisotopic (exact) mass is 1320 g/mol. The highest BCUT2D eigenvalue weighted by Crippen LogP contribution is 2.45. The summed E-state index contributed by atoms with van der Waals surface area (Å²) in [4.78, 5) is 72.6. The number of carbonyl (C=O) groups excluding carboxylic acids is 4.